The molecule has 3 aromatic rings. The Kier molecular flexibility index (Phi) is 6.66. The number of carbonyl (C=O) groups excluding carboxylic acids is 1. The van der Waals surface area contributed by atoms with E-state index in [-0.39, 0.29) is 17.7 Å². The van der Waals surface area contributed by atoms with E-state index in [1.165, 1.54) is 17.3 Å². The molecule has 0 bridgehead atoms. The van der Waals surface area contributed by atoms with Crippen molar-refractivity contribution in [3.63, 3.8) is 0 Å². The Labute approximate surface area is 184 Å². The molecule has 30 heavy (non-hydrogen) atoms. The molecule has 7 nitrogen and oxygen atoms in total. The van der Waals surface area contributed by atoms with E-state index in [9.17, 15) is 4.79 Å². The topological polar surface area (TPSA) is 75.4 Å². The maximum absolute atomic E-state index is 12.7. The van der Waals surface area contributed by atoms with Gasteiger partial charge in [-0.1, -0.05) is 29.4 Å². The second kappa shape index (κ2) is 9.59. The summed E-state index contributed by atoms with van der Waals surface area (Å²) in [6.45, 7) is 5.33. The van der Waals surface area contributed by atoms with Gasteiger partial charge in [0, 0.05) is 55.2 Å². The molecule has 1 atom stereocenters. The largest absolute Gasteiger partial charge is 0.411 e. The van der Waals surface area contributed by atoms with Crippen molar-refractivity contribution in [3.05, 3.63) is 59.4 Å². The molecule has 0 radical (unpaired) electrons. The predicted molar refractivity (Wildman–Crippen MR) is 116 cm³/mol. The van der Waals surface area contributed by atoms with Crippen LogP contribution in [-0.2, 0) is 11.3 Å². The highest BCUT2D eigenvalue weighted by molar-refractivity contribution is 7.99. The number of benzene rings is 1. The molecular weight excluding hydrogens is 422 g/mol. The lowest BCUT2D eigenvalue weighted by atomic mass is 10.1. The number of thioether (sulfide) groups is 1. The van der Waals surface area contributed by atoms with Crippen LogP contribution in [0.25, 0.3) is 11.5 Å². The third-order valence-electron chi connectivity index (χ3n) is 4.98. The molecule has 1 aliphatic heterocycles. The summed E-state index contributed by atoms with van der Waals surface area (Å²) in [4.78, 5) is 21.2. The summed E-state index contributed by atoms with van der Waals surface area (Å²) in [7, 11) is 0. The monoisotopic (exact) mass is 443 g/mol. The van der Waals surface area contributed by atoms with Crippen molar-refractivity contribution in [2.24, 2.45) is 0 Å². The van der Waals surface area contributed by atoms with Crippen LogP contribution in [0.5, 0.6) is 0 Å². The van der Waals surface area contributed by atoms with Crippen molar-refractivity contribution in [2.75, 3.05) is 25.4 Å². The average Bonchev–Trinajstić information content (AvgIpc) is 3.22. The van der Waals surface area contributed by atoms with Gasteiger partial charge in [-0.3, -0.25) is 14.7 Å². The van der Waals surface area contributed by atoms with Crippen LogP contribution in [0.4, 0.5) is 0 Å². The van der Waals surface area contributed by atoms with Crippen LogP contribution in [0, 0.1) is 0 Å². The fourth-order valence-corrected chi connectivity index (χ4v) is 4.26. The van der Waals surface area contributed by atoms with Gasteiger partial charge in [0.1, 0.15) is 0 Å². The van der Waals surface area contributed by atoms with Crippen molar-refractivity contribution >= 4 is 29.3 Å². The lowest BCUT2D eigenvalue weighted by Gasteiger charge is -2.39. The zero-order valence-electron chi connectivity index (χ0n) is 16.6. The van der Waals surface area contributed by atoms with Crippen LogP contribution < -0.4 is 0 Å². The summed E-state index contributed by atoms with van der Waals surface area (Å²) in [5.41, 5.74) is 1.98. The van der Waals surface area contributed by atoms with E-state index < -0.39 is 0 Å². The van der Waals surface area contributed by atoms with Gasteiger partial charge in [0.05, 0.1) is 5.75 Å². The zero-order valence-corrected chi connectivity index (χ0v) is 18.1. The SMILES string of the molecule is CC1CN(Cc2cccnc2)CCN1C(=O)CSc1nnc(-c2ccc(Cl)cc2)o1. The first-order chi connectivity index (χ1) is 14.6. The number of pyridine rings is 1. The van der Waals surface area contributed by atoms with Gasteiger partial charge in [-0.05, 0) is 42.8 Å². The molecular formula is C21H22ClN5O2S. The van der Waals surface area contributed by atoms with Crippen LogP contribution in [0.2, 0.25) is 5.02 Å². The fraction of sp³-hybridized carbons (Fsp3) is 0.333. The Morgan fingerprint density at radius 3 is 2.80 bits per heavy atom. The van der Waals surface area contributed by atoms with Gasteiger partial charge in [-0.2, -0.15) is 0 Å². The van der Waals surface area contributed by atoms with Gasteiger partial charge in [0.15, 0.2) is 0 Å². The first kappa shape index (κ1) is 20.8. The van der Waals surface area contributed by atoms with Crippen LogP contribution in [-0.4, -0.2) is 62.3 Å². The third kappa shape index (κ3) is 5.19. The summed E-state index contributed by atoms with van der Waals surface area (Å²) in [5, 5.41) is 9.12. The van der Waals surface area contributed by atoms with E-state index in [1.807, 2.05) is 29.3 Å². The van der Waals surface area contributed by atoms with E-state index >= 15 is 0 Å². The summed E-state index contributed by atoms with van der Waals surface area (Å²) >= 11 is 7.17. The summed E-state index contributed by atoms with van der Waals surface area (Å²) in [6, 6.07) is 11.4. The molecule has 156 valence electrons. The quantitative estimate of drug-likeness (QED) is 0.538. The molecule has 0 saturated carbocycles. The van der Waals surface area contributed by atoms with Crippen LogP contribution in [0.1, 0.15) is 12.5 Å². The minimum atomic E-state index is 0.0831. The summed E-state index contributed by atoms with van der Waals surface area (Å²) < 4.78 is 5.67. The Hall–Kier alpha value is -2.42. The molecule has 3 heterocycles. The van der Waals surface area contributed by atoms with Gasteiger partial charge in [0.2, 0.25) is 11.8 Å². The predicted octanol–water partition coefficient (Wildman–Crippen LogP) is 3.61. The number of hydrogen-bond acceptors (Lipinski definition) is 7. The molecule has 1 amide bonds. The minimum absolute atomic E-state index is 0.0831. The number of carbonyl (C=O) groups is 1. The molecule has 1 unspecified atom stereocenters. The van der Waals surface area contributed by atoms with Crippen molar-refractivity contribution in [1.29, 1.82) is 0 Å². The highest BCUT2D eigenvalue weighted by Crippen LogP contribution is 2.25. The van der Waals surface area contributed by atoms with Crippen molar-refractivity contribution in [1.82, 2.24) is 25.0 Å². The second-order valence-electron chi connectivity index (χ2n) is 7.20. The van der Waals surface area contributed by atoms with Crippen molar-refractivity contribution in [2.45, 2.75) is 24.7 Å². The highest BCUT2D eigenvalue weighted by Gasteiger charge is 2.27. The first-order valence-corrected chi connectivity index (χ1v) is 11.1. The number of nitrogens with zero attached hydrogens (tertiary/aromatic N) is 5. The lowest BCUT2D eigenvalue weighted by Crippen LogP contribution is -2.54. The average molecular weight is 444 g/mol. The number of amides is 1. The molecule has 1 aromatic carbocycles. The molecule has 4 rings (SSSR count). The fourth-order valence-electron chi connectivity index (χ4n) is 3.48. The molecule has 2 aromatic heterocycles. The molecule has 0 N–H and O–H groups in total. The number of aromatic nitrogens is 3. The second-order valence-corrected chi connectivity index (χ2v) is 8.56. The van der Waals surface area contributed by atoms with Crippen LogP contribution in [0.3, 0.4) is 0 Å². The molecule has 1 aliphatic rings. The Bertz CT molecular complexity index is 983. The van der Waals surface area contributed by atoms with Crippen molar-refractivity contribution < 1.29 is 9.21 Å². The van der Waals surface area contributed by atoms with Gasteiger partial charge in [-0.25, -0.2) is 0 Å². The van der Waals surface area contributed by atoms with E-state index in [4.69, 9.17) is 16.0 Å². The van der Waals surface area contributed by atoms with E-state index in [2.05, 4.69) is 33.1 Å². The highest BCUT2D eigenvalue weighted by atomic mass is 35.5. The summed E-state index contributed by atoms with van der Waals surface area (Å²) in [6.07, 6.45) is 3.67. The zero-order chi connectivity index (χ0) is 20.9. The number of halogens is 1. The number of piperazine rings is 1. The Morgan fingerprint density at radius 2 is 2.07 bits per heavy atom. The minimum Gasteiger partial charge on any atom is -0.411 e. The summed E-state index contributed by atoms with van der Waals surface area (Å²) in [5.74, 6) is 0.772. The van der Waals surface area contributed by atoms with Gasteiger partial charge >= 0.3 is 0 Å². The van der Waals surface area contributed by atoms with Crippen LogP contribution >= 0.6 is 23.4 Å². The maximum Gasteiger partial charge on any atom is 0.277 e. The van der Waals surface area contributed by atoms with E-state index in [1.54, 1.807) is 18.3 Å². The first-order valence-electron chi connectivity index (χ1n) is 9.71. The lowest BCUT2D eigenvalue weighted by molar-refractivity contribution is -0.132. The molecule has 9 heteroatoms. The standard InChI is InChI=1S/C21H22ClN5O2S/c1-15-12-26(13-16-3-2-8-23-11-16)9-10-27(15)19(28)14-30-21-25-24-20(29-21)17-4-6-18(22)7-5-17/h2-8,11,15H,9-10,12-14H2,1H3. The van der Waals surface area contributed by atoms with Gasteiger partial charge < -0.3 is 9.32 Å². The Balaban J connectivity index is 1.28. The molecule has 0 spiro atoms. The number of rotatable bonds is 6. The third-order valence-corrected chi connectivity index (χ3v) is 6.03. The smallest absolute Gasteiger partial charge is 0.277 e. The molecule has 0 aliphatic carbocycles. The van der Waals surface area contributed by atoms with E-state index in [0.29, 0.717) is 22.7 Å². The van der Waals surface area contributed by atoms with Crippen LogP contribution in [0.15, 0.2) is 58.4 Å². The van der Waals surface area contributed by atoms with Gasteiger partial charge in [0.25, 0.3) is 5.22 Å². The maximum atomic E-state index is 12.7. The molecule has 1 saturated heterocycles. The normalized spacial score (nSPS) is 17.3. The van der Waals surface area contributed by atoms with Gasteiger partial charge in [-0.15, -0.1) is 10.2 Å². The Morgan fingerprint density at radius 1 is 1.23 bits per heavy atom. The molecule has 1 fully saturated rings. The number of hydrogen-bond donors (Lipinski definition) is 0. The van der Waals surface area contributed by atoms with Crippen molar-refractivity contribution in [3.8, 4) is 11.5 Å². The van der Waals surface area contributed by atoms with E-state index in [0.717, 1.165) is 25.2 Å².